The standard InChI is InChI=1S/C13H24O/c1-11-6-5-9-13(14,10-11)12-7-3-2-4-8-12/h11-12,14H,2-10H2,1H3. The molecule has 1 nitrogen and oxygen atoms in total. The van der Waals surface area contributed by atoms with Crippen LogP contribution in [0.5, 0.6) is 0 Å². The van der Waals surface area contributed by atoms with Crippen molar-refractivity contribution in [1.29, 1.82) is 0 Å². The molecule has 2 saturated carbocycles. The maximum absolute atomic E-state index is 10.7. The van der Waals surface area contributed by atoms with E-state index in [0.29, 0.717) is 5.92 Å². The molecule has 0 aromatic heterocycles. The Bertz CT molecular complexity index is 184. The van der Waals surface area contributed by atoms with E-state index in [1.807, 2.05) is 0 Å². The van der Waals surface area contributed by atoms with Gasteiger partial charge in [0.05, 0.1) is 5.60 Å². The summed E-state index contributed by atoms with van der Waals surface area (Å²) in [7, 11) is 0. The Kier molecular flexibility index (Phi) is 3.16. The Balaban J connectivity index is 1.98. The first-order chi connectivity index (χ1) is 6.71. The zero-order chi connectivity index (χ0) is 10.0. The molecule has 2 aliphatic rings. The van der Waals surface area contributed by atoms with Crippen LogP contribution < -0.4 is 0 Å². The van der Waals surface area contributed by atoms with Crippen LogP contribution in [0.1, 0.15) is 64.7 Å². The predicted octanol–water partition coefficient (Wildman–Crippen LogP) is 3.51. The van der Waals surface area contributed by atoms with Crippen LogP contribution >= 0.6 is 0 Å². The van der Waals surface area contributed by atoms with Gasteiger partial charge in [0.1, 0.15) is 0 Å². The van der Waals surface area contributed by atoms with Crippen LogP contribution in [0.4, 0.5) is 0 Å². The van der Waals surface area contributed by atoms with Gasteiger partial charge < -0.3 is 5.11 Å². The number of hydrogen-bond acceptors (Lipinski definition) is 1. The van der Waals surface area contributed by atoms with Crippen molar-refractivity contribution in [3.05, 3.63) is 0 Å². The highest BCUT2D eigenvalue weighted by atomic mass is 16.3. The third-order valence-electron chi connectivity index (χ3n) is 4.37. The highest BCUT2D eigenvalue weighted by Crippen LogP contribution is 2.43. The molecule has 0 amide bonds. The first-order valence-electron chi connectivity index (χ1n) is 6.43. The molecule has 0 aliphatic heterocycles. The van der Waals surface area contributed by atoms with Crippen molar-refractivity contribution in [3.63, 3.8) is 0 Å². The van der Waals surface area contributed by atoms with Gasteiger partial charge in [-0.1, -0.05) is 39.0 Å². The minimum absolute atomic E-state index is 0.280. The van der Waals surface area contributed by atoms with Gasteiger partial charge in [-0.05, 0) is 37.5 Å². The minimum atomic E-state index is -0.280. The topological polar surface area (TPSA) is 20.2 Å². The Morgan fingerprint density at radius 1 is 1.00 bits per heavy atom. The van der Waals surface area contributed by atoms with Crippen LogP contribution in [0.25, 0.3) is 0 Å². The van der Waals surface area contributed by atoms with Crippen molar-refractivity contribution >= 4 is 0 Å². The van der Waals surface area contributed by atoms with Gasteiger partial charge in [-0.25, -0.2) is 0 Å². The second kappa shape index (κ2) is 4.22. The minimum Gasteiger partial charge on any atom is -0.390 e. The molecule has 0 aromatic carbocycles. The maximum atomic E-state index is 10.7. The number of aliphatic hydroxyl groups is 1. The molecule has 1 N–H and O–H groups in total. The molecule has 2 atom stereocenters. The van der Waals surface area contributed by atoms with Crippen molar-refractivity contribution in [2.45, 2.75) is 70.3 Å². The van der Waals surface area contributed by atoms with Gasteiger partial charge >= 0.3 is 0 Å². The van der Waals surface area contributed by atoms with Crippen molar-refractivity contribution in [2.75, 3.05) is 0 Å². The lowest BCUT2D eigenvalue weighted by Gasteiger charge is -2.43. The van der Waals surface area contributed by atoms with Crippen LogP contribution in [0.15, 0.2) is 0 Å². The number of hydrogen-bond donors (Lipinski definition) is 1. The van der Waals surface area contributed by atoms with Gasteiger partial charge in [0, 0.05) is 0 Å². The van der Waals surface area contributed by atoms with Gasteiger partial charge in [0.25, 0.3) is 0 Å². The maximum Gasteiger partial charge on any atom is 0.0678 e. The van der Waals surface area contributed by atoms with Crippen molar-refractivity contribution in [1.82, 2.24) is 0 Å². The molecule has 0 bridgehead atoms. The van der Waals surface area contributed by atoms with E-state index in [1.54, 1.807) is 0 Å². The molecule has 0 saturated heterocycles. The van der Waals surface area contributed by atoms with Crippen LogP contribution in [0, 0.1) is 11.8 Å². The first-order valence-corrected chi connectivity index (χ1v) is 6.43. The highest BCUT2D eigenvalue weighted by Gasteiger charge is 2.39. The average Bonchev–Trinajstić information content (AvgIpc) is 2.19. The van der Waals surface area contributed by atoms with E-state index in [2.05, 4.69) is 6.92 Å². The monoisotopic (exact) mass is 196 g/mol. The van der Waals surface area contributed by atoms with Gasteiger partial charge in [-0.2, -0.15) is 0 Å². The van der Waals surface area contributed by atoms with Crippen LogP contribution in [-0.4, -0.2) is 10.7 Å². The number of rotatable bonds is 1. The summed E-state index contributed by atoms with van der Waals surface area (Å²) in [6, 6.07) is 0. The summed E-state index contributed by atoms with van der Waals surface area (Å²) in [5, 5.41) is 10.7. The smallest absolute Gasteiger partial charge is 0.0678 e. The first kappa shape index (κ1) is 10.5. The summed E-state index contributed by atoms with van der Waals surface area (Å²) >= 11 is 0. The fourth-order valence-electron chi connectivity index (χ4n) is 3.57. The summed E-state index contributed by atoms with van der Waals surface area (Å²) < 4.78 is 0. The van der Waals surface area contributed by atoms with Gasteiger partial charge in [-0.15, -0.1) is 0 Å². The molecule has 0 spiro atoms. The second-order valence-corrected chi connectivity index (χ2v) is 5.64. The SMILES string of the molecule is CC1CCCC(O)(C2CCCCC2)C1. The summed E-state index contributed by atoms with van der Waals surface area (Å²) in [6.45, 7) is 2.30. The summed E-state index contributed by atoms with van der Waals surface area (Å²) in [5.74, 6) is 1.37. The molecule has 2 unspecified atom stereocenters. The van der Waals surface area contributed by atoms with Crippen molar-refractivity contribution in [3.8, 4) is 0 Å². The van der Waals surface area contributed by atoms with E-state index in [0.717, 1.165) is 18.8 Å². The Labute approximate surface area is 87.9 Å². The molecule has 0 aromatic rings. The summed E-state index contributed by atoms with van der Waals surface area (Å²) in [5.41, 5.74) is -0.280. The quantitative estimate of drug-likeness (QED) is 0.680. The molecule has 0 radical (unpaired) electrons. The molecule has 82 valence electrons. The molecular weight excluding hydrogens is 172 g/mol. The van der Waals surface area contributed by atoms with E-state index >= 15 is 0 Å². The molecule has 2 fully saturated rings. The van der Waals surface area contributed by atoms with Crippen molar-refractivity contribution < 1.29 is 5.11 Å². The van der Waals surface area contributed by atoms with Crippen LogP contribution in [-0.2, 0) is 0 Å². The fourth-order valence-corrected chi connectivity index (χ4v) is 3.57. The Morgan fingerprint density at radius 2 is 1.71 bits per heavy atom. The molecule has 2 aliphatic carbocycles. The lowest BCUT2D eigenvalue weighted by Crippen LogP contribution is -2.42. The fraction of sp³-hybridized carbons (Fsp3) is 1.00. The van der Waals surface area contributed by atoms with Crippen LogP contribution in [0.2, 0.25) is 0 Å². The van der Waals surface area contributed by atoms with E-state index in [-0.39, 0.29) is 5.60 Å². The lowest BCUT2D eigenvalue weighted by atomic mass is 9.67. The molecule has 14 heavy (non-hydrogen) atoms. The third-order valence-corrected chi connectivity index (χ3v) is 4.37. The molecule has 1 heteroatoms. The largest absolute Gasteiger partial charge is 0.390 e. The van der Waals surface area contributed by atoms with Gasteiger partial charge in [-0.3, -0.25) is 0 Å². The lowest BCUT2D eigenvalue weighted by molar-refractivity contribution is -0.0737. The van der Waals surface area contributed by atoms with E-state index in [4.69, 9.17) is 0 Å². The van der Waals surface area contributed by atoms with Gasteiger partial charge in [0.2, 0.25) is 0 Å². The van der Waals surface area contributed by atoms with E-state index in [9.17, 15) is 5.11 Å². The molecular formula is C13H24O. The second-order valence-electron chi connectivity index (χ2n) is 5.64. The zero-order valence-electron chi connectivity index (χ0n) is 9.47. The third kappa shape index (κ3) is 2.13. The normalized spacial score (nSPS) is 41.1. The predicted molar refractivity (Wildman–Crippen MR) is 59.2 cm³/mol. The van der Waals surface area contributed by atoms with Crippen molar-refractivity contribution in [2.24, 2.45) is 11.8 Å². The Hall–Kier alpha value is -0.0400. The van der Waals surface area contributed by atoms with E-state index < -0.39 is 0 Å². The average molecular weight is 196 g/mol. The highest BCUT2D eigenvalue weighted by molar-refractivity contribution is 4.92. The summed E-state index contributed by atoms with van der Waals surface area (Å²) in [6.07, 6.45) is 11.4. The van der Waals surface area contributed by atoms with E-state index in [1.165, 1.54) is 44.9 Å². The summed E-state index contributed by atoms with van der Waals surface area (Å²) in [4.78, 5) is 0. The zero-order valence-corrected chi connectivity index (χ0v) is 9.47. The molecule has 0 heterocycles. The van der Waals surface area contributed by atoms with Crippen LogP contribution in [0.3, 0.4) is 0 Å². The van der Waals surface area contributed by atoms with Gasteiger partial charge in [0.15, 0.2) is 0 Å². The Morgan fingerprint density at radius 3 is 2.36 bits per heavy atom. The molecule has 2 rings (SSSR count).